The number of hydrogen-bond donors (Lipinski definition) is 1. The van der Waals surface area contributed by atoms with Gasteiger partial charge in [-0.05, 0) is 49.2 Å². The van der Waals surface area contributed by atoms with Crippen LogP contribution >= 0.6 is 0 Å². The number of carbonyl (C=O) groups is 1. The van der Waals surface area contributed by atoms with Gasteiger partial charge >= 0.3 is 0 Å². The van der Waals surface area contributed by atoms with Gasteiger partial charge in [0.25, 0.3) is 0 Å². The van der Waals surface area contributed by atoms with Crippen LogP contribution in [0.3, 0.4) is 0 Å². The summed E-state index contributed by atoms with van der Waals surface area (Å²) < 4.78 is 5.83. The van der Waals surface area contributed by atoms with E-state index in [2.05, 4.69) is 12.2 Å². The van der Waals surface area contributed by atoms with E-state index in [9.17, 15) is 4.79 Å². The molecule has 0 saturated carbocycles. The first-order valence-corrected chi connectivity index (χ1v) is 8.13. The highest BCUT2D eigenvalue weighted by molar-refractivity contribution is 5.90. The molecule has 3 heteroatoms. The van der Waals surface area contributed by atoms with Crippen LogP contribution in [0.4, 0.5) is 5.69 Å². The van der Waals surface area contributed by atoms with Crippen molar-refractivity contribution < 1.29 is 9.21 Å². The van der Waals surface area contributed by atoms with Crippen LogP contribution in [0.2, 0.25) is 0 Å². The molecule has 3 nitrogen and oxygen atoms in total. The van der Waals surface area contributed by atoms with Crippen molar-refractivity contribution in [3.05, 3.63) is 77.6 Å². The quantitative estimate of drug-likeness (QED) is 0.708. The number of rotatable bonds is 5. The Morgan fingerprint density at radius 2 is 1.75 bits per heavy atom. The van der Waals surface area contributed by atoms with Crippen LogP contribution in [0.15, 0.2) is 65.1 Å². The number of anilines is 1. The lowest BCUT2D eigenvalue weighted by Crippen LogP contribution is -2.12. The molecule has 0 aliphatic heterocycles. The van der Waals surface area contributed by atoms with Crippen molar-refractivity contribution in [1.29, 1.82) is 0 Å². The second kappa shape index (κ2) is 7.18. The molecule has 3 aromatic rings. The average molecular weight is 319 g/mol. The smallest absolute Gasteiger partial charge is 0.224 e. The van der Waals surface area contributed by atoms with Gasteiger partial charge in [-0.2, -0.15) is 0 Å². The summed E-state index contributed by atoms with van der Waals surface area (Å²) in [5.74, 6) is 1.65. The third-order valence-corrected chi connectivity index (χ3v) is 4.11. The van der Waals surface area contributed by atoms with Gasteiger partial charge in [0.05, 0.1) is 0 Å². The fourth-order valence-electron chi connectivity index (χ4n) is 2.55. The molecule has 1 amide bonds. The Morgan fingerprint density at radius 1 is 0.958 bits per heavy atom. The summed E-state index contributed by atoms with van der Waals surface area (Å²) in [6, 6.07) is 19.8. The number of carbonyl (C=O) groups excluding carboxylic acids is 1. The minimum atomic E-state index is -0.00378. The molecule has 1 aromatic heterocycles. The van der Waals surface area contributed by atoms with E-state index in [1.54, 1.807) is 0 Å². The van der Waals surface area contributed by atoms with Gasteiger partial charge in [-0.15, -0.1) is 0 Å². The van der Waals surface area contributed by atoms with E-state index in [1.807, 2.05) is 67.6 Å². The molecule has 2 aromatic carbocycles. The zero-order valence-electron chi connectivity index (χ0n) is 14.0. The van der Waals surface area contributed by atoms with Gasteiger partial charge in [0.2, 0.25) is 5.91 Å². The van der Waals surface area contributed by atoms with Crippen molar-refractivity contribution in [3.8, 4) is 11.3 Å². The van der Waals surface area contributed by atoms with E-state index in [0.717, 1.165) is 22.8 Å². The molecular formula is C21H21NO2. The molecule has 0 aliphatic rings. The van der Waals surface area contributed by atoms with Gasteiger partial charge < -0.3 is 9.73 Å². The van der Waals surface area contributed by atoms with E-state index >= 15 is 0 Å². The molecule has 0 bridgehead atoms. The lowest BCUT2D eigenvalue weighted by atomic mass is 10.1. The van der Waals surface area contributed by atoms with Crippen LogP contribution in [0.5, 0.6) is 0 Å². The molecular weight excluding hydrogens is 298 g/mol. The summed E-state index contributed by atoms with van der Waals surface area (Å²) in [5, 5.41) is 2.94. The minimum Gasteiger partial charge on any atom is -0.461 e. The van der Waals surface area contributed by atoms with Crippen molar-refractivity contribution in [1.82, 2.24) is 0 Å². The second-order valence-electron chi connectivity index (χ2n) is 5.98. The first-order chi connectivity index (χ1) is 11.6. The maximum absolute atomic E-state index is 12.1. The van der Waals surface area contributed by atoms with E-state index in [-0.39, 0.29) is 5.91 Å². The van der Waals surface area contributed by atoms with Crippen molar-refractivity contribution in [2.45, 2.75) is 26.7 Å². The first-order valence-electron chi connectivity index (χ1n) is 8.13. The number of benzene rings is 2. The van der Waals surface area contributed by atoms with Gasteiger partial charge in [-0.1, -0.05) is 36.4 Å². The van der Waals surface area contributed by atoms with Crippen molar-refractivity contribution in [3.63, 3.8) is 0 Å². The number of furan rings is 1. The highest BCUT2D eigenvalue weighted by Gasteiger charge is 2.08. The van der Waals surface area contributed by atoms with Crippen LogP contribution in [0.1, 0.15) is 23.3 Å². The molecule has 3 rings (SSSR count). The Labute approximate surface area is 142 Å². The minimum absolute atomic E-state index is 0.00378. The number of amides is 1. The lowest BCUT2D eigenvalue weighted by Gasteiger charge is -2.07. The topological polar surface area (TPSA) is 42.2 Å². The average Bonchev–Trinajstić information content (AvgIpc) is 3.06. The summed E-state index contributed by atoms with van der Waals surface area (Å²) in [5.41, 5.74) is 4.28. The van der Waals surface area contributed by atoms with E-state index < -0.39 is 0 Å². The number of hydrogen-bond acceptors (Lipinski definition) is 2. The summed E-state index contributed by atoms with van der Waals surface area (Å²) in [7, 11) is 0. The molecule has 1 N–H and O–H groups in total. The summed E-state index contributed by atoms with van der Waals surface area (Å²) >= 11 is 0. The third kappa shape index (κ3) is 3.93. The molecule has 0 radical (unpaired) electrons. The van der Waals surface area contributed by atoms with Gasteiger partial charge in [0.15, 0.2) is 0 Å². The molecule has 0 spiro atoms. The van der Waals surface area contributed by atoms with Crippen LogP contribution in [0.25, 0.3) is 11.3 Å². The Morgan fingerprint density at radius 3 is 2.50 bits per heavy atom. The first kappa shape index (κ1) is 16.1. The molecule has 122 valence electrons. The maximum atomic E-state index is 12.1. The summed E-state index contributed by atoms with van der Waals surface area (Å²) in [4.78, 5) is 12.1. The van der Waals surface area contributed by atoms with E-state index in [4.69, 9.17) is 4.42 Å². The largest absolute Gasteiger partial charge is 0.461 e. The van der Waals surface area contributed by atoms with Gasteiger partial charge in [-0.25, -0.2) is 0 Å². The summed E-state index contributed by atoms with van der Waals surface area (Å²) in [6.07, 6.45) is 0.984. The number of aryl methyl sites for hydroxylation is 3. The van der Waals surface area contributed by atoms with Crippen LogP contribution < -0.4 is 5.32 Å². The van der Waals surface area contributed by atoms with Crippen molar-refractivity contribution in [2.75, 3.05) is 5.32 Å². The summed E-state index contributed by atoms with van der Waals surface area (Å²) in [6.45, 7) is 4.10. The zero-order valence-corrected chi connectivity index (χ0v) is 14.0. The Hall–Kier alpha value is -2.81. The third-order valence-electron chi connectivity index (χ3n) is 4.11. The molecule has 0 unspecified atom stereocenters. The molecule has 0 atom stereocenters. The second-order valence-corrected chi connectivity index (χ2v) is 5.98. The SMILES string of the molecule is Cc1ccc(NC(=O)CCc2ccc(-c3ccccc3)o2)cc1C. The predicted molar refractivity (Wildman–Crippen MR) is 97.0 cm³/mol. The monoisotopic (exact) mass is 319 g/mol. The molecule has 0 saturated heterocycles. The number of nitrogens with one attached hydrogen (secondary N) is 1. The Bertz CT molecular complexity index is 834. The highest BCUT2D eigenvalue weighted by Crippen LogP contribution is 2.22. The van der Waals surface area contributed by atoms with Crippen molar-refractivity contribution in [2.24, 2.45) is 0 Å². The maximum Gasteiger partial charge on any atom is 0.224 e. The molecule has 0 aliphatic carbocycles. The van der Waals surface area contributed by atoms with E-state index in [0.29, 0.717) is 12.8 Å². The van der Waals surface area contributed by atoms with Crippen molar-refractivity contribution >= 4 is 11.6 Å². The zero-order chi connectivity index (χ0) is 16.9. The van der Waals surface area contributed by atoms with Gasteiger partial charge in [0.1, 0.15) is 11.5 Å². The molecule has 24 heavy (non-hydrogen) atoms. The predicted octanol–water partition coefficient (Wildman–Crippen LogP) is 5.13. The van der Waals surface area contributed by atoms with Gasteiger partial charge in [0, 0.05) is 24.1 Å². The Balaban J connectivity index is 1.56. The standard InChI is InChI=1S/C21H21NO2/c1-15-8-9-18(14-16(15)2)22-21(23)13-11-19-10-12-20(24-19)17-6-4-3-5-7-17/h3-10,12,14H,11,13H2,1-2H3,(H,22,23). The van der Waals surface area contributed by atoms with E-state index in [1.165, 1.54) is 11.1 Å². The fraction of sp³-hybridized carbons (Fsp3) is 0.190. The molecule has 0 fully saturated rings. The normalized spacial score (nSPS) is 10.6. The lowest BCUT2D eigenvalue weighted by molar-refractivity contribution is -0.116. The fourth-order valence-corrected chi connectivity index (χ4v) is 2.55. The van der Waals surface area contributed by atoms with Gasteiger partial charge in [-0.3, -0.25) is 4.79 Å². The van der Waals surface area contributed by atoms with Crippen LogP contribution in [-0.2, 0) is 11.2 Å². The Kier molecular flexibility index (Phi) is 4.80. The van der Waals surface area contributed by atoms with Crippen LogP contribution in [-0.4, -0.2) is 5.91 Å². The molecule has 1 heterocycles. The highest BCUT2D eigenvalue weighted by atomic mass is 16.3. The van der Waals surface area contributed by atoms with Crippen LogP contribution in [0, 0.1) is 13.8 Å².